The molecule has 2 N–H and O–H groups in total. The van der Waals surface area contributed by atoms with E-state index >= 15 is 0 Å². The van der Waals surface area contributed by atoms with Crippen molar-refractivity contribution in [3.8, 4) is 0 Å². The Labute approximate surface area is 113 Å². The summed E-state index contributed by atoms with van der Waals surface area (Å²) >= 11 is 0. The minimum atomic E-state index is -0.00352. The van der Waals surface area contributed by atoms with E-state index in [-0.39, 0.29) is 5.78 Å². The number of nitrogens with zero attached hydrogens (tertiary/aromatic N) is 1. The van der Waals surface area contributed by atoms with Crippen molar-refractivity contribution in [3.63, 3.8) is 0 Å². The first-order valence-electron chi connectivity index (χ1n) is 6.01. The summed E-state index contributed by atoms with van der Waals surface area (Å²) in [6, 6.07) is 17.4. The smallest absolute Gasteiger partial charge is 0.161 e. The van der Waals surface area contributed by atoms with Gasteiger partial charge in [-0.1, -0.05) is 48.0 Å². The number of nitrogens with two attached hydrogens (primary N) is 1. The number of rotatable bonds is 2. The molecule has 0 aromatic heterocycles. The Bertz CT molecular complexity index is 548. The van der Waals surface area contributed by atoms with Crippen LogP contribution in [0.3, 0.4) is 0 Å². The van der Waals surface area contributed by atoms with Crippen molar-refractivity contribution >= 4 is 17.8 Å². The van der Waals surface area contributed by atoms with E-state index in [9.17, 15) is 4.79 Å². The van der Waals surface area contributed by atoms with Crippen LogP contribution in [0.4, 0.5) is 5.69 Å². The number of carbonyl (C=O) groups excluding carboxylic acids is 1. The van der Waals surface area contributed by atoms with E-state index in [0.717, 1.165) is 0 Å². The van der Waals surface area contributed by atoms with Crippen molar-refractivity contribution in [2.45, 2.75) is 13.8 Å². The van der Waals surface area contributed by atoms with Gasteiger partial charge in [-0.25, -0.2) is 4.99 Å². The normalized spacial score (nSPS) is 9.79. The van der Waals surface area contributed by atoms with Gasteiger partial charge in [0.25, 0.3) is 0 Å². The fourth-order valence-electron chi connectivity index (χ4n) is 1.50. The summed E-state index contributed by atoms with van der Waals surface area (Å²) in [5.74, 6) is -0.00352. The molecule has 0 unspecified atom stereocenters. The number of hydrogen-bond acceptors (Lipinski definition) is 2. The molecule has 2 rings (SSSR count). The van der Waals surface area contributed by atoms with Crippen LogP contribution in [0.2, 0.25) is 0 Å². The molecule has 3 nitrogen and oxygen atoms in total. The zero-order chi connectivity index (χ0) is 14.1. The van der Waals surface area contributed by atoms with Gasteiger partial charge in [0.1, 0.15) is 0 Å². The van der Waals surface area contributed by atoms with Crippen LogP contribution in [0.15, 0.2) is 59.6 Å². The lowest BCUT2D eigenvalue weighted by Gasteiger charge is -1.98. The topological polar surface area (TPSA) is 55.5 Å². The summed E-state index contributed by atoms with van der Waals surface area (Å²) in [5, 5.41) is 0. The van der Waals surface area contributed by atoms with Gasteiger partial charge in [-0.3, -0.25) is 4.79 Å². The van der Waals surface area contributed by atoms with Gasteiger partial charge < -0.3 is 5.73 Å². The van der Waals surface area contributed by atoms with E-state index in [0.29, 0.717) is 11.3 Å². The van der Waals surface area contributed by atoms with Crippen molar-refractivity contribution in [2.24, 2.45) is 10.7 Å². The van der Waals surface area contributed by atoms with E-state index in [2.05, 4.69) is 24.0 Å². The van der Waals surface area contributed by atoms with Gasteiger partial charge >= 0.3 is 0 Å². The highest BCUT2D eigenvalue weighted by Gasteiger charge is 2.03. The summed E-state index contributed by atoms with van der Waals surface area (Å²) in [6.07, 6.45) is 1.18. The first kappa shape index (κ1) is 14.6. The van der Waals surface area contributed by atoms with E-state index in [1.54, 1.807) is 18.2 Å². The van der Waals surface area contributed by atoms with E-state index in [1.165, 1.54) is 18.8 Å². The summed E-state index contributed by atoms with van der Waals surface area (Å²) in [5.41, 5.74) is 7.66. The number of aryl methyl sites for hydroxylation is 1. The third kappa shape index (κ3) is 5.17. The lowest BCUT2D eigenvalue weighted by atomic mass is 10.1. The molecule has 98 valence electrons. The molecule has 19 heavy (non-hydrogen) atoms. The quantitative estimate of drug-likeness (QED) is 0.506. The Morgan fingerprint density at radius 3 is 2.11 bits per heavy atom. The molecule has 0 saturated carbocycles. The molecule has 0 heterocycles. The molecular weight excluding hydrogens is 236 g/mol. The third-order valence-electron chi connectivity index (χ3n) is 2.44. The van der Waals surface area contributed by atoms with Gasteiger partial charge in [0.2, 0.25) is 0 Å². The van der Waals surface area contributed by atoms with E-state index < -0.39 is 0 Å². The van der Waals surface area contributed by atoms with Crippen LogP contribution in [-0.4, -0.2) is 12.1 Å². The first-order valence-corrected chi connectivity index (χ1v) is 6.01. The molecule has 0 radical (unpaired) electrons. The maximum atomic E-state index is 11.0. The van der Waals surface area contributed by atoms with Crippen LogP contribution in [0.25, 0.3) is 0 Å². The van der Waals surface area contributed by atoms with Crippen molar-refractivity contribution in [3.05, 3.63) is 65.7 Å². The highest BCUT2D eigenvalue weighted by molar-refractivity contribution is 5.99. The SMILES string of the molecule is CC(=O)c1ccccc1N=CN.Cc1ccccc1. The average molecular weight is 254 g/mol. The zero-order valence-electron chi connectivity index (χ0n) is 11.2. The summed E-state index contributed by atoms with van der Waals surface area (Å²) in [7, 11) is 0. The van der Waals surface area contributed by atoms with Gasteiger partial charge in [0, 0.05) is 5.56 Å². The van der Waals surface area contributed by atoms with Crippen LogP contribution in [0.1, 0.15) is 22.8 Å². The predicted molar refractivity (Wildman–Crippen MR) is 80.0 cm³/mol. The second-order valence-corrected chi connectivity index (χ2v) is 4.01. The van der Waals surface area contributed by atoms with Crippen molar-refractivity contribution in [1.82, 2.24) is 0 Å². The van der Waals surface area contributed by atoms with Crippen molar-refractivity contribution in [1.29, 1.82) is 0 Å². The van der Waals surface area contributed by atoms with Crippen LogP contribution in [0.5, 0.6) is 0 Å². The summed E-state index contributed by atoms with van der Waals surface area (Å²) in [4.78, 5) is 14.9. The number of aliphatic imine (C=N–C) groups is 1. The van der Waals surface area contributed by atoms with E-state index in [4.69, 9.17) is 5.73 Å². The lowest BCUT2D eigenvalue weighted by Crippen LogP contribution is -1.93. The predicted octanol–water partition coefficient (Wildman–Crippen LogP) is 3.50. The molecule has 3 heteroatoms. The molecule has 0 spiro atoms. The van der Waals surface area contributed by atoms with Crippen LogP contribution >= 0.6 is 0 Å². The first-order chi connectivity index (χ1) is 9.15. The third-order valence-corrected chi connectivity index (χ3v) is 2.44. The molecular formula is C16H18N2O. The highest BCUT2D eigenvalue weighted by Crippen LogP contribution is 2.17. The van der Waals surface area contributed by atoms with Gasteiger partial charge in [0.05, 0.1) is 12.0 Å². The Balaban J connectivity index is 0.000000218. The molecule has 0 aliphatic heterocycles. The average Bonchev–Trinajstić information content (AvgIpc) is 2.41. The molecule has 0 aliphatic rings. The van der Waals surface area contributed by atoms with E-state index in [1.807, 2.05) is 24.3 Å². The minimum Gasteiger partial charge on any atom is -0.390 e. The number of para-hydroxylation sites is 1. The van der Waals surface area contributed by atoms with Gasteiger partial charge in [-0.2, -0.15) is 0 Å². The van der Waals surface area contributed by atoms with Gasteiger partial charge in [-0.05, 0) is 26.0 Å². The zero-order valence-corrected chi connectivity index (χ0v) is 11.2. The molecule has 0 atom stereocenters. The standard InChI is InChI=1S/C9H10N2O.C7H8/c1-7(12)8-4-2-3-5-9(8)11-6-10;1-7-5-3-2-4-6-7/h2-6H,1H3,(H2,10,11);2-6H,1H3. The number of ketones is 1. The molecule has 0 bridgehead atoms. The second-order valence-electron chi connectivity index (χ2n) is 4.01. The highest BCUT2D eigenvalue weighted by atomic mass is 16.1. The summed E-state index contributed by atoms with van der Waals surface area (Å²) in [6.45, 7) is 3.59. The Hall–Kier alpha value is -2.42. The van der Waals surface area contributed by atoms with Gasteiger partial charge in [-0.15, -0.1) is 0 Å². The number of hydrogen-bond donors (Lipinski definition) is 1. The van der Waals surface area contributed by atoms with Gasteiger partial charge in [0.15, 0.2) is 5.78 Å². The molecule has 2 aromatic rings. The number of Topliss-reactive ketones (excluding diaryl/α,β-unsaturated/α-hetero) is 1. The molecule has 2 aromatic carbocycles. The second kappa shape index (κ2) is 7.82. The van der Waals surface area contributed by atoms with Crippen LogP contribution in [-0.2, 0) is 0 Å². The molecule has 0 fully saturated rings. The van der Waals surface area contributed by atoms with Crippen LogP contribution in [0, 0.1) is 6.92 Å². The number of carbonyl (C=O) groups is 1. The minimum absolute atomic E-state index is 0.00352. The number of benzene rings is 2. The fourth-order valence-corrected chi connectivity index (χ4v) is 1.50. The monoisotopic (exact) mass is 254 g/mol. The Morgan fingerprint density at radius 1 is 1.05 bits per heavy atom. The fraction of sp³-hybridized carbons (Fsp3) is 0.125. The van der Waals surface area contributed by atoms with Crippen molar-refractivity contribution in [2.75, 3.05) is 0 Å². The maximum absolute atomic E-state index is 11.0. The Morgan fingerprint density at radius 2 is 1.63 bits per heavy atom. The molecule has 0 aliphatic carbocycles. The molecule has 0 saturated heterocycles. The largest absolute Gasteiger partial charge is 0.390 e. The van der Waals surface area contributed by atoms with Crippen LogP contribution < -0.4 is 5.73 Å². The Kier molecular flexibility index (Phi) is 6.03. The van der Waals surface area contributed by atoms with Crippen molar-refractivity contribution < 1.29 is 4.79 Å². The maximum Gasteiger partial charge on any atom is 0.161 e. The summed E-state index contributed by atoms with van der Waals surface area (Å²) < 4.78 is 0. The molecule has 0 amide bonds. The lowest BCUT2D eigenvalue weighted by molar-refractivity contribution is 0.101.